The molecule has 7 nitrogen and oxygen atoms in total. The number of aryl methyl sites for hydroxylation is 1. The lowest BCUT2D eigenvalue weighted by Crippen LogP contribution is -2.48. The van der Waals surface area contributed by atoms with Crippen molar-refractivity contribution in [1.82, 2.24) is 9.88 Å². The Labute approximate surface area is 116 Å². The van der Waals surface area contributed by atoms with E-state index in [0.29, 0.717) is 26.2 Å². The zero-order valence-electron chi connectivity index (χ0n) is 11.5. The van der Waals surface area contributed by atoms with Crippen LogP contribution in [0.3, 0.4) is 0 Å². The monoisotopic (exact) mass is 279 g/mol. The highest BCUT2D eigenvalue weighted by atomic mass is 16.5. The highest BCUT2D eigenvalue weighted by Crippen LogP contribution is 2.20. The number of esters is 1. The van der Waals surface area contributed by atoms with Crippen molar-refractivity contribution in [2.75, 3.05) is 38.2 Å². The van der Waals surface area contributed by atoms with Crippen LogP contribution in [0.4, 0.5) is 10.5 Å². The van der Waals surface area contributed by atoms with Gasteiger partial charge in [0.15, 0.2) is 0 Å². The lowest BCUT2D eigenvalue weighted by atomic mass is 10.2. The molecule has 0 aromatic carbocycles. The summed E-state index contributed by atoms with van der Waals surface area (Å²) in [5.74, 6) is -0.463. The summed E-state index contributed by atoms with van der Waals surface area (Å²) in [5, 5.41) is 8.92. The molecule has 7 heteroatoms. The maximum absolute atomic E-state index is 11.4. The Morgan fingerprint density at radius 1 is 1.25 bits per heavy atom. The topological polar surface area (TPSA) is 83.0 Å². The van der Waals surface area contributed by atoms with E-state index in [-0.39, 0.29) is 5.69 Å². The summed E-state index contributed by atoms with van der Waals surface area (Å²) >= 11 is 0. The van der Waals surface area contributed by atoms with E-state index in [1.54, 1.807) is 6.07 Å². The summed E-state index contributed by atoms with van der Waals surface area (Å²) in [5.41, 5.74) is 1.93. The van der Waals surface area contributed by atoms with Crippen molar-refractivity contribution in [1.29, 1.82) is 0 Å². The third kappa shape index (κ3) is 2.81. The molecule has 2 rings (SSSR count). The van der Waals surface area contributed by atoms with Crippen molar-refractivity contribution >= 4 is 17.7 Å². The summed E-state index contributed by atoms with van der Waals surface area (Å²) in [6.07, 6.45) is -0.888. The molecule has 1 N–H and O–H groups in total. The fourth-order valence-electron chi connectivity index (χ4n) is 2.24. The van der Waals surface area contributed by atoms with Gasteiger partial charge < -0.3 is 19.6 Å². The lowest BCUT2D eigenvalue weighted by molar-refractivity contribution is 0.0593. The van der Waals surface area contributed by atoms with Crippen LogP contribution in [0, 0.1) is 6.92 Å². The Balaban J connectivity index is 2.11. The lowest BCUT2D eigenvalue weighted by Gasteiger charge is -2.35. The molecule has 1 amide bonds. The quantitative estimate of drug-likeness (QED) is 0.812. The average molecular weight is 279 g/mol. The molecule has 1 aliphatic heterocycles. The second-order valence-electron chi connectivity index (χ2n) is 4.55. The first kappa shape index (κ1) is 14.1. The Morgan fingerprint density at radius 3 is 2.40 bits per heavy atom. The summed E-state index contributed by atoms with van der Waals surface area (Å²) in [7, 11) is 1.32. The fourth-order valence-corrected chi connectivity index (χ4v) is 2.24. The predicted molar refractivity (Wildman–Crippen MR) is 72.1 cm³/mol. The standard InChI is InChI=1S/C13H17N3O4/c1-9-11(4-3-10(14-9)12(17)20-2)15-5-7-16(8-6-15)13(18)19/h3-4H,5-8H2,1-2H3,(H,18,19). The van der Waals surface area contributed by atoms with Gasteiger partial charge in [0, 0.05) is 26.2 Å². The van der Waals surface area contributed by atoms with Gasteiger partial charge in [0.2, 0.25) is 0 Å². The van der Waals surface area contributed by atoms with E-state index in [9.17, 15) is 9.59 Å². The van der Waals surface area contributed by atoms with Crippen LogP contribution in [-0.4, -0.2) is 60.3 Å². The number of rotatable bonds is 2. The van der Waals surface area contributed by atoms with E-state index in [4.69, 9.17) is 5.11 Å². The fraction of sp³-hybridized carbons (Fsp3) is 0.462. The highest BCUT2D eigenvalue weighted by molar-refractivity contribution is 5.87. The first-order valence-corrected chi connectivity index (χ1v) is 6.31. The minimum Gasteiger partial charge on any atom is -0.465 e. The number of pyridine rings is 1. The van der Waals surface area contributed by atoms with Crippen molar-refractivity contribution in [3.63, 3.8) is 0 Å². The molecular formula is C13H17N3O4. The normalized spacial score (nSPS) is 15.1. The van der Waals surface area contributed by atoms with Gasteiger partial charge in [0.05, 0.1) is 18.5 Å². The molecule has 0 radical (unpaired) electrons. The maximum Gasteiger partial charge on any atom is 0.407 e. The van der Waals surface area contributed by atoms with Crippen molar-refractivity contribution in [2.45, 2.75) is 6.92 Å². The number of methoxy groups -OCH3 is 1. The van der Waals surface area contributed by atoms with Gasteiger partial charge in [0.25, 0.3) is 0 Å². The van der Waals surface area contributed by atoms with E-state index in [2.05, 4.69) is 14.6 Å². The van der Waals surface area contributed by atoms with Gasteiger partial charge in [-0.15, -0.1) is 0 Å². The Bertz CT molecular complexity index is 524. The van der Waals surface area contributed by atoms with Crippen LogP contribution in [0.15, 0.2) is 12.1 Å². The molecule has 2 heterocycles. The highest BCUT2D eigenvalue weighted by Gasteiger charge is 2.22. The number of nitrogens with zero attached hydrogens (tertiary/aromatic N) is 3. The zero-order valence-corrected chi connectivity index (χ0v) is 11.5. The number of aromatic nitrogens is 1. The van der Waals surface area contributed by atoms with Gasteiger partial charge in [-0.3, -0.25) is 0 Å². The van der Waals surface area contributed by atoms with Gasteiger partial charge >= 0.3 is 12.1 Å². The van der Waals surface area contributed by atoms with Crippen LogP contribution >= 0.6 is 0 Å². The summed E-state index contributed by atoms with van der Waals surface area (Å²) in [6, 6.07) is 3.45. The molecule has 108 valence electrons. The average Bonchev–Trinajstić information content (AvgIpc) is 2.46. The Morgan fingerprint density at radius 2 is 1.90 bits per heavy atom. The van der Waals surface area contributed by atoms with Gasteiger partial charge in [0.1, 0.15) is 5.69 Å². The SMILES string of the molecule is COC(=O)c1ccc(N2CCN(C(=O)O)CC2)c(C)n1. The van der Waals surface area contributed by atoms with Crippen LogP contribution < -0.4 is 4.90 Å². The molecule has 0 bridgehead atoms. The number of anilines is 1. The Hall–Kier alpha value is -2.31. The number of hydrogen-bond acceptors (Lipinski definition) is 5. The van der Waals surface area contributed by atoms with Crippen molar-refractivity contribution in [3.8, 4) is 0 Å². The number of carboxylic acid groups (broad SMARTS) is 1. The van der Waals surface area contributed by atoms with Crippen LogP contribution in [0.5, 0.6) is 0 Å². The summed E-state index contributed by atoms with van der Waals surface area (Å²) in [4.78, 5) is 30.0. The second-order valence-corrected chi connectivity index (χ2v) is 4.55. The minimum absolute atomic E-state index is 0.276. The summed E-state index contributed by atoms with van der Waals surface area (Å²) in [6.45, 7) is 3.99. The van der Waals surface area contributed by atoms with Gasteiger partial charge in [-0.2, -0.15) is 0 Å². The molecule has 0 saturated carbocycles. The maximum atomic E-state index is 11.4. The molecule has 0 aliphatic carbocycles. The number of carbonyl (C=O) groups is 2. The molecule has 0 unspecified atom stereocenters. The number of carbonyl (C=O) groups excluding carboxylic acids is 1. The molecule has 1 aliphatic rings. The van der Waals surface area contributed by atoms with E-state index in [1.807, 2.05) is 13.0 Å². The first-order chi connectivity index (χ1) is 9.52. The van der Waals surface area contributed by atoms with Gasteiger partial charge in [-0.25, -0.2) is 14.6 Å². The molecule has 1 aromatic rings. The smallest absolute Gasteiger partial charge is 0.407 e. The van der Waals surface area contributed by atoms with E-state index >= 15 is 0 Å². The molecule has 20 heavy (non-hydrogen) atoms. The van der Waals surface area contributed by atoms with Crippen molar-refractivity contribution in [3.05, 3.63) is 23.5 Å². The van der Waals surface area contributed by atoms with Crippen LogP contribution in [-0.2, 0) is 4.74 Å². The van der Waals surface area contributed by atoms with E-state index in [0.717, 1.165) is 11.4 Å². The minimum atomic E-state index is -0.888. The number of hydrogen-bond donors (Lipinski definition) is 1. The molecular weight excluding hydrogens is 262 g/mol. The van der Waals surface area contributed by atoms with Crippen LogP contribution in [0.25, 0.3) is 0 Å². The van der Waals surface area contributed by atoms with Crippen molar-refractivity contribution in [2.24, 2.45) is 0 Å². The molecule has 0 atom stereocenters. The third-order valence-corrected chi connectivity index (χ3v) is 3.34. The molecule has 1 saturated heterocycles. The molecule has 0 spiro atoms. The Kier molecular flexibility index (Phi) is 4.07. The predicted octanol–water partition coefficient (Wildman–Crippen LogP) is 0.977. The zero-order chi connectivity index (χ0) is 14.7. The van der Waals surface area contributed by atoms with Gasteiger partial charge in [-0.1, -0.05) is 0 Å². The number of ether oxygens (including phenoxy) is 1. The number of piperazine rings is 1. The van der Waals surface area contributed by atoms with E-state index in [1.165, 1.54) is 12.0 Å². The van der Waals surface area contributed by atoms with Crippen LogP contribution in [0.1, 0.15) is 16.2 Å². The van der Waals surface area contributed by atoms with Crippen molar-refractivity contribution < 1.29 is 19.4 Å². The largest absolute Gasteiger partial charge is 0.465 e. The van der Waals surface area contributed by atoms with Gasteiger partial charge in [-0.05, 0) is 19.1 Å². The third-order valence-electron chi connectivity index (χ3n) is 3.34. The van der Waals surface area contributed by atoms with Crippen LogP contribution in [0.2, 0.25) is 0 Å². The molecule has 1 aromatic heterocycles. The number of amides is 1. The first-order valence-electron chi connectivity index (χ1n) is 6.31. The molecule has 1 fully saturated rings. The van der Waals surface area contributed by atoms with E-state index < -0.39 is 12.1 Å². The summed E-state index contributed by atoms with van der Waals surface area (Å²) < 4.78 is 4.63. The second kappa shape index (κ2) is 5.77.